The van der Waals surface area contributed by atoms with Gasteiger partial charge in [-0.15, -0.1) is 34.9 Å². The van der Waals surface area contributed by atoms with Gasteiger partial charge in [0.25, 0.3) is 11.8 Å². The SMILES string of the molecule is Cn1cc(CSC2=C(C(=O)O)N3C(=O)[C@@H](NC(=O)/C(=N\O)c4csc(N)n4)[C@H]3SC2)cn1. The van der Waals surface area contributed by atoms with E-state index in [-0.39, 0.29) is 22.2 Å². The number of β-lactam (4-membered cyclic amide) rings is 1. The van der Waals surface area contributed by atoms with Crippen molar-refractivity contribution in [2.75, 3.05) is 11.5 Å². The van der Waals surface area contributed by atoms with Gasteiger partial charge in [-0.3, -0.25) is 19.2 Å². The summed E-state index contributed by atoms with van der Waals surface area (Å²) in [6, 6.07) is -0.959. The summed E-state index contributed by atoms with van der Waals surface area (Å²) in [7, 11) is 1.79. The van der Waals surface area contributed by atoms with Crippen LogP contribution < -0.4 is 11.1 Å². The molecule has 2 atom stereocenters. The number of carboxylic acid groups (broad SMARTS) is 1. The fourth-order valence-electron chi connectivity index (χ4n) is 3.24. The van der Waals surface area contributed by atoms with Crippen molar-refractivity contribution in [2.24, 2.45) is 12.2 Å². The number of oxime groups is 1. The van der Waals surface area contributed by atoms with Crippen LogP contribution in [-0.2, 0) is 27.2 Å². The molecule has 168 valence electrons. The summed E-state index contributed by atoms with van der Waals surface area (Å²) in [6.07, 6.45) is 3.53. The van der Waals surface area contributed by atoms with Gasteiger partial charge in [0, 0.05) is 40.6 Å². The van der Waals surface area contributed by atoms with Crippen molar-refractivity contribution >= 4 is 63.5 Å². The summed E-state index contributed by atoms with van der Waals surface area (Å²) >= 11 is 3.75. The lowest BCUT2D eigenvalue weighted by atomic mass is 10.0. The summed E-state index contributed by atoms with van der Waals surface area (Å²) in [5.74, 6) is -1.69. The number of carbonyl (C=O) groups is 3. The third-order valence-electron chi connectivity index (χ3n) is 4.67. The number of rotatable bonds is 7. The number of amides is 2. The molecule has 2 aliphatic rings. The number of aromatic nitrogens is 3. The maximum Gasteiger partial charge on any atom is 0.353 e. The van der Waals surface area contributed by atoms with E-state index in [2.05, 4.69) is 20.6 Å². The largest absolute Gasteiger partial charge is 0.477 e. The number of nitrogens with two attached hydrogens (primary N) is 1. The second kappa shape index (κ2) is 8.84. The number of thiazole rings is 1. The number of fused-ring (bicyclic) bond motifs is 1. The highest BCUT2D eigenvalue weighted by atomic mass is 32.2. The molecule has 2 amide bonds. The van der Waals surface area contributed by atoms with Crippen LogP contribution in [0.1, 0.15) is 11.3 Å². The minimum absolute atomic E-state index is 0.0765. The van der Waals surface area contributed by atoms with Crippen molar-refractivity contribution in [3.63, 3.8) is 0 Å². The maximum absolute atomic E-state index is 12.8. The molecule has 0 saturated carbocycles. The zero-order chi connectivity index (χ0) is 23.0. The van der Waals surface area contributed by atoms with E-state index in [0.29, 0.717) is 16.4 Å². The standard InChI is InChI=1S/C17H17N7O5S3/c1-23-3-7(2-19-23)4-30-9-6-31-15-11(14(26)24(15)12(9)16(27)28)21-13(25)10(22-29)8-5-32-17(18)20-8/h2-3,5,11,15,29H,4,6H2,1H3,(H2,18,20)(H,21,25)(H,27,28)/b22-10-/t11-,15-/m1/s1. The Bertz CT molecular complexity index is 1160. The van der Waals surface area contributed by atoms with E-state index in [1.165, 1.54) is 33.8 Å². The predicted molar refractivity (Wildman–Crippen MR) is 119 cm³/mol. The normalized spacial score (nSPS) is 20.7. The number of thioether (sulfide) groups is 2. The van der Waals surface area contributed by atoms with Gasteiger partial charge in [-0.2, -0.15) is 5.10 Å². The Hall–Kier alpha value is -3.04. The van der Waals surface area contributed by atoms with Crippen LogP contribution in [0.5, 0.6) is 0 Å². The third-order valence-corrected chi connectivity index (χ3v) is 7.97. The smallest absolute Gasteiger partial charge is 0.353 e. The molecule has 4 rings (SSSR count). The molecule has 0 aliphatic carbocycles. The molecule has 12 nitrogen and oxygen atoms in total. The first-order valence-corrected chi connectivity index (χ1v) is 12.0. The second-order valence-electron chi connectivity index (χ2n) is 6.77. The molecule has 2 aliphatic heterocycles. The van der Waals surface area contributed by atoms with Gasteiger partial charge in [-0.1, -0.05) is 5.16 Å². The molecule has 1 fully saturated rings. The van der Waals surface area contributed by atoms with Gasteiger partial charge >= 0.3 is 5.97 Å². The Labute approximate surface area is 193 Å². The fourth-order valence-corrected chi connectivity index (χ4v) is 6.33. The summed E-state index contributed by atoms with van der Waals surface area (Å²) in [4.78, 5) is 42.9. The Morgan fingerprint density at radius 3 is 2.84 bits per heavy atom. The van der Waals surface area contributed by atoms with Gasteiger partial charge in [0.2, 0.25) is 0 Å². The topological polar surface area (TPSA) is 176 Å². The molecule has 32 heavy (non-hydrogen) atoms. The minimum atomic E-state index is -1.21. The molecule has 2 aromatic heterocycles. The lowest BCUT2D eigenvalue weighted by molar-refractivity contribution is -0.150. The minimum Gasteiger partial charge on any atom is -0.477 e. The van der Waals surface area contributed by atoms with Crippen LogP contribution in [0.4, 0.5) is 5.13 Å². The summed E-state index contributed by atoms with van der Waals surface area (Å²) in [5, 5.41) is 29.6. The average Bonchev–Trinajstić information content (AvgIpc) is 3.38. The van der Waals surface area contributed by atoms with Crippen LogP contribution in [0.2, 0.25) is 0 Å². The quantitative estimate of drug-likeness (QED) is 0.180. The van der Waals surface area contributed by atoms with Crippen LogP contribution in [0, 0.1) is 0 Å². The molecule has 0 radical (unpaired) electrons. The molecule has 0 bridgehead atoms. The second-order valence-corrected chi connectivity index (χ2v) is 9.83. The van der Waals surface area contributed by atoms with E-state index < -0.39 is 29.2 Å². The first-order valence-electron chi connectivity index (χ1n) is 9.06. The van der Waals surface area contributed by atoms with Crippen molar-refractivity contribution < 1.29 is 24.7 Å². The van der Waals surface area contributed by atoms with Crippen LogP contribution in [-0.4, -0.2) is 70.6 Å². The zero-order valence-electron chi connectivity index (χ0n) is 16.5. The van der Waals surface area contributed by atoms with Gasteiger partial charge < -0.3 is 21.4 Å². The first kappa shape index (κ1) is 22.2. The Kier molecular flexibility index (Phi) is 6.12. The monoisotopic (exact) mass is 495 g/mol. The van der Waals surface area contributed by atoms with Crippen LogP contribution in [0.25, 0.3) is 0 Å². The summed E-state index contributed by atoms with van der Waals surface area (Å²) in [5.41, 5.74) is 6.09. The number of aryl methyl sites for hydroxylation is 1. The maximum atomic E-state index is 12.8. The lowest BCUT2D eigenvalue weighted by Gasteiger charge is -2.49. The van der Waals surface area contributed by atoms with Crippen molar-refractivity contribution in [3.8, 4) is 0 Å². The number of aliphatic carboxylic acids is 1. The van der Waals surface area contributed by atoms with Gasteiger partial charge in [0.05, 0.1) is 6.20 Å². The molecule has 1 saturated heterocycles. The number of anilines is 1. The average molecular weight is 496 g/mol. The van der Waals surface area contributed by atoms with E-state index in [1.807, 2.05) is 6.20 Å². The van der Waals surface area contributed by atoms with Crippen LogP contribution in [0.15, 0.2) is 33.5 Å². The molecule has 2 aromatic rings. The molecule has 0 spiro atoms. The summed E-state index contributed by atoms with van der Waals surface area (Å²) in [6.45, 7) is 0. The Morgan fingerprint density at radius 1 is 1.47 bits per heavy atom. The van der Waals surface area contributed by atoms with Gasteiger partial charge in [-0.05, 0) is 0 Å². The highest BCUT2D eigenvalue weighted by Gasteiger charge is 2.54. The molecule has 5 N–H and O–H groups in total. The van der Waals surface area contributed by atoms with Crippen molar-refractivity contribution in [2.45, 2.75) is 17.2 Å². The van der Waals surface area contributed by atoms with E-state index in [9.17, 15) is 24.7 Å². The van der Waals surface area contributed by atoms with E-state index in [0.717, 1.165) is 16.9 Å². The molecule has 0 unspecified atom stereocenters. The zero-order valence-corrected chi connectivity index (χ0v) is 18.9. The van der Waals surface area contributed by atoms with E-state index >= 15 is 0 Å². The van der Waals surface area contributed by atoms with E-state index in [4.69, 9.17) is 5.73 Å². The highest BCUT2D eigenvalue weighted by Crippen LogP contribution is 2.44. The molecule has 4 heterocycles. The van der Waals surface area contributed by atoms with Crippen LogP contribution in [0.3, 0.4) is 0 Å². The molecule has 0 aromatic carbocycles. The van der Waals surface area contributed by atoms with Crippen molar-refractivity contribution in [1.82, 2.24) is 25.0 Å². The first-order chi connectivity index (χ1) is 15.3. The molecular weight excluding hydrogens is 478 g/mol. The number of hydrogen-bond acceptors (Lipinski definition) is 11. The summed E-state index contributed by atoms with van der Waals surface area (Å²) < 4.78 is 1.66. The number of nitrogens with zero attached hydrogens (tertiary/aromatic N) is 5. The Balaban J connectivity index is 1.48. The van der Waals surface area contributed by atoms with Gasteiger partial charge in [0.1, 0.15) is 22.8 Å². The Morgan fingerprint density at radius 2 is 2.25 bits per heavy atom. The van der Waals surface area contributed by atoms with Crippen molar-refractivity contribution in [1.29, 1.82) is 0 Å². The fraction of sp³-hybridized carbons (Fsp3) is 0.294. The third kappa shape index (κ3) is 4.05. The van der Waals surface area contributed by atoms with Gasteiger partial charge in [0.15, 0.2) is 10.8 Å². The van der Waals surface area contributed by atoms with E-state index in [1.54, 1.807) is 17.9 Å². The number of hydrogen-bond donors (Lipinski definition) is 4. The highest BCUT2D eigenvalue weighted by molar-refractivity contribution is 8.05. The predicted octanol–water partition coefficient (Wildman–Crippen LogP) is 0.267. The number of nitrogens with one attached hydrogen (secondary N) is 1. The molecular formula is C17H17N7O5S3. The number of carboxylic acids is 1. The molecule has 15 heteroatoms. The number of carbonyl (C=O) groups excluding carboxylic acids is 2. The van der Waals surface area contributed by atoms with Crippen molar-refractivity contribution in [3.05, 3.63) is 39.6 Å². The van der Waals surface area contributed by atoms with Crippen LogP contribution >= 0.6 is 34.9 Å². The number of nitrogen functional groups attached to an aromatic ring is 1. The lowest BCUT2D eigenvalue weighted by Crippen LogP contribution is -2.71. The van der Waals surface area contributed by atoms with Gasteiger partial charge in [-0.25, -0.2) is 9.78 Å².